The number of aliphatic hydroxyl groups is 1. The molecule has 1 heterocycles. The van der Waals surface area contributed by atoms with Crippen molar-refractivity contribution in [2.24, 2.45) is 0 Å². The monoisotopic (exact) mass is 323 g/mol. The molecule has 128 valence electrons. The molecule has 1 saturated heterocycles. The van der Waals surface area contributed by atoms with E-state index in [2.05, 4.69) is 35.2 Å². The molecule has 0 radical (unpaired) electrons. The number of nitrogens with zero attached hydrogens (tertiary/aromatic N) is 1. The molecule has 0 spiro atoms. The number of likely N-dealkylation sites (tertiary alicyclic amines) is 1. The van der Waals surface area contributed by atoms with Crippen LogP contribution in [0.3, 0.4) is 0 Å². The van der Waals surface area contributed by atoms with E-state index in [1.165, 1.54) is 79.9 Å². The van der Waals surface area contributed by atoms with Gasteiger partial charge in [-0.15, -0.1) is 0 Å². The number of fused-ring (bicyclic) bond motifs is 3. The number of aliphatic hydroxyl groups excluding tert-OH is 1. The van der Waals surface area contributed by atoms with Gasteiger partial charge in [0.25, 0.3) is 0 Å². The Hall–Kier alpha value is -1.38. The van der Waals surface area contributed by atoms with Crippen molar-refractivity contribution in [2.75, 3.05) is 19.6 Å². The molecule has 0 bridgehead atoms. The average Bonchev–Trinajstić information content (AvgIpc) is 2.66. The second kappa shape index (κ2) is 7.25. The number of piperidine rings is 1. The van der Waals surface area contributed by atoms with Gasteiger partial charge in [-0.2, -0.15) is 0 Å². The van der Waals surface area contributed by atoms with Crippen molar-refractivity contribution in [3.05, 3.63) is 47.0 Å². The van der Waals surface area contributed by atoms with Crippen molar-refractivity contribution in [3.63, 3.8) is 0 Å². The molecule has 2 aromatic carbocycles. The maximum absolute atomic E-state index is 10.9. The topological polar surface area (TPSA) is 23.5 Å². The Bertz CT molecular complexity index is 702. The summed E-state index contributed by atoms with van der Waals surface area (Å²) in [4.78, 5) is 2.52. The van der Waals surface area contributed by atoms with E-state index in [-0.39, 0.29) is 6.10 Å². The lowest BCUT2D eigenvalue weighted by atomic mass is 9.84. The van der Waals surface area contributed by atoms with E-state index in [1.807, 2.05) is 0 Å². The van der Waals surface area contributed by atoms with Crippen molar-refractivity contribution in [1.29, 1.82) is 0 Å². The molecular formula is C22H29NO. The van der Waals surface area contributed by atoms with Crippen molar-refractivity contribution in [1.82, 2.24) is 4.90 Å². The van der Waals surface area contributed by atoms with E-state index in [0.717, 1.165) is 18.5 Å². The van der Waals surface area contributed by atoms with E-state index in [4.69, 9.17) is 0 Å². The van der Waals surface area contributed by atoms with Crippen LogP contribution in [0.1, 0.15) is 61.3 Å². The fourth-order valence-electron chi connectivity index (χ4n) is 4.58. The molecule has 1 fully saturated rings. The van der Waals surface area contributed by atoms with Gasteiger partial charge in [-0.25, -0.2) is 0 Å². The second-order valence-electron chi connectivity index (χ2n) is 7.56. The van der Waals surface area contributed by atoms with Gasteiger partial charge in [0, 0.05) is 6.54 Å². The average molecular weight is 323 g/mol. The van der Waals surface area contributed by atoms with Crippen LogP contribution in [0.15, 0.2) is 30.3 Å². The second-order valence-corrected chi connectivity index (χ2v) is 7.56. The summed E-state index contributed by atoms with van der Waals surface area (Å²) in [5, 5.41) is 13.6. The zero-order valence-electron chi connectivity index (χ0n) is 14.6. The van der Waals surface area contributed by atoms with Gasteiger partial charge in [0.15, 0.2) is 0 Å². The Morgan fingerprint density at radius 3 is 2.50 bits per heavy atom. The quantitative estimate of drug-likeness (QED) is 0.887. The molecule has 1 atom stereocenters. The third kappa shape index (κ3) is 3.22. The van der Waals surface area contributed by atoms with E-state index in [0.29, 0.717) is 0 Å². The summed E-state index contributed by atoms with van der Waals surface area (Å²) in [5.41, 5.74) is 4.17. The van der Waals surface area contributed by atoms with Gasteiger partial charge in [-0.05, 0) is 85.5 Å². The molecule has 1 aliphatic carbocycles. The molecule has 4 rings (SSSR count). The maximum atomic E-state index is 10.9. The fourth-order valence-corrected chi connectivity index (χ4v) is 4.58. The van der Waals surface area contributed by atoms with Crippen LogP contribution in [0.2, 0.25) is 0 Å². The van der Waals surface area contributed by atoms with Crippen molar-refractivity contribution in [2.45, 2.75) is 57.5 Å². The standard InChI is InChI=1S/C22H29NO/c24-22(12-15-23-13-6-1-7-14-23)21-16-17-8-2-3-9-18(17)19-10-4-5-11-20(19)21/h4-5,10-11,16,22,24H,1-3,6-9,12-15H2. The van der Waals surface area contributed by atoms with Gasteiger partial charge in [-0.1, -0.05) is 36.8 Å². The Balaban J connectivity index is 1.60. The normalized spacial score (nSPS) is 20.0. The first kappa shape index (κ1) is 16.1. The summed E-state index contributed by atoms with van der Waals surface area (Å²) in [5.74, 6) is 0. The number of aryl methyl sites for hydroxylation is 2. The van der Waals surface area contributed by atoms with Crippen LogP contribution in [-0.4, -0.2) is 29.6 Å². The molecule has 2 aliphatic rings. The molecule has 2 nitrogen and oxygen atoms in total. The van der Waals surface area contributed by atoms with Gasteiger partial charge in [0.2, 0.25) is 0 Å². The molecule has 2 heteroatoms. The first-order valence-electron chi connectivity index (χ1n) is 9.77. The number of benzene rings is 2. The first-order valence-corrected chi connectivity index (χ1v) is 9.77. The van der Waals surface area contributed by atoms with Crippen LogP contribution in [0.4, 0.5) is 0 Å². The smallest absolute Gasteiger partial charge is 0.0808 e. The predicted molar refractivity (Wildman–Crippen MR) is 100 cm³/mol. The molecular weight excluding hydrogens is 294 g/mol. The summed E-state index contributed by atoms with van der Waals surface area (Å²) in [6, 6.07) is 11.0. The molecule has 0 aromatic heterocycles. The van der Waals surface area contributed by atoms with Crippen LogP contribution in [-0.2, 0) is 12.8 Å². The van der Waals surface area contributed by atoms with Crippen molar-refractivity contribution < 1.29 is 5.11 Å². The Labute approximate surface area is 145 Å². The van der Waals surface area contributed by atoms with E-state index in [9.17, 15) is 5.11 Å². The fraction of sp³-hybridized carbons (Fsp3) is 0.545. The SMILES string of the molecule is OC(CCN1CCCCC1)c1cc2c(c3ccccc13)CCCC2. The van der Waals surface area contributed by atoms with Crippen LogP contribution in [0.25, 0.3) is 10.8 Å². The third-order valence-electron chi connectivity index (χ3n) is 5.93. The van der Waals surface area contributed by atoms with Gasteiger partial charge in [0.1, 0.15) is 0 Å². The number of hydrogen-bond donors (Lipinski definition) is 1. The highest BCUT2D eigenvalue weighted by Gasteiger charge is 2.20. The summed E-state index contributed by atoms with van der Waals surface area (Å²) < 4.78 is 0. The minimum Gasteiger partial charge on any atom is -0.388 e. The Kier molecular flexibility index (Phi) is 4.86. The highest BCUT2D eigenvalue weighted by atomic mass is 16.3. The maximum Gasteiger partial charge on any atom is 0.0808 e. The highest BCUT2D eigenvalue weighted by Crippen LogP contribution is 2.35. The third-order valence-corrected chi connectivity index (χ3v) is 5.93. The van der Waals surface area contributed by atoms with Crippen LogP contribution < -0.4 is 0 Å². The van der Waals surface area contributed by atoms with Gasteiger partial charge >= 0.3 is 0 Å². The molecule has 1 N–H and O–H groups in total. The zero-order chi connectivity index (χ0) is 16.4. The zero-order valence-corrected chi connectivity index (χ0v) is 14.6. The summed E-state index contributed by atoms with van der Waals surface area (Å²) in [6.45, 7) is 3.43. The minimum absolute atomic E-state index is 0.343. The lowest BCUT2D eigenvalue weighted by Crippen LogP contribution is -2.31. The van der Waals surface area contributed by atoms with Gasteiger partial charge in [0.05, 0.1) is 6.10 Å². The Morgan fingerprint density at radius 1 is 0.917 bits per heavy atom. The van der Waals surface area contributed by atoms with Crippen LogP contribution >= 0.6 is 0 Å². The summed E-state index contributed by atoms with van der Waals surface area (Å²) >= 11 is 0. The lowest BCUT2D eigenvalue weighted by molar-refractivity contribution is 0.135. The predicted octanol–water partition coefficient (Wildman–Crippen LogP) is 4.63. The van der Waals surface area contributed by atoms with Crippen molar-refractivity contribution >= 4 is 10.8 Å². The number of rotatable bonds is 4. The van der Waals surface area contributed by atoms with Crippen LogP contribution in [0.5, 0.6) is 0 Å². The number of hydrogen-bond acceptors (Lipinski definition) is 2. The first-order chi connectivity index (χ1) is 11.8. The molecule has 2 aromatic rings. The largest absolute Gasteiger partial charge is 0.388 e. The van der Waals surface area contributed by atoms with Crippen molar-refractivity contribution in [3.8, 4) is 0 Å². The molecule has 24 heavy (non-hydrogen) atoms. The minimum atomic E-state index is -0.343. The molecule has 1 unspecified atom stereocenters. The summed E-state index contributed by atoms with van der Waals surface area (Å²) in [7, 11) is 0. The molecule has 1 aliphatic heterocycles. The molecule has 0 amide bonds. The summed E-state index contributed by atoms with van der Waals surface area (Å²) in [6.07, 6.45) is 9.46. The van der Waals surface area contributed by atoms with Crippen LogP contribution in [0, 0.1) is 0 Å². The molecule has 0 saturated carbocycles. The van der Waals surface area contributed by atoms with Gasteiger partial charge < -0.3 is 10.0 Å². The Morgan fingerprint density at radius 2 is 1.67 bits per heavy atom. The van der Waals surface area contributed by atoms with E-state index < -0.39 is 0 Å². The lowest BCUT2D eigenvalue weighted by Gasteiger charge is -2.28. The highest BCUT2D eigenvalue weighted by molar-refractivity contribution is 5.90. The van der Waals surface area contributed by atoms with E-state index in [1.54, 1.807) is 0 Å². The van der Waals surface area contributed by atoms with Gasteiger partial charge in [-0.3, -0.25) is 0 Å². The van der Waals surface area contributed by atoms with E-state index >= 15 is 0 Å².